The quantitative estimate of drug-likeness (QED) is 0.137. The Morgan fingerprint density at radius 3 is 1.12 bits per heavy atom. The maximum atomic E-state index is 3.78. The fourth-order valence-electron chi connectivity index (χ4n) is 4.26. The number of hydrogen-bond acceptors (Lipinski definition) is 0. The van der Waals surface area contributed by atoms with Crippen molar-refractivity contribution in [1.82, 2.24) is 0 Å². The first-order valence-corrected chi connectivity index (χ1v) is 12.9. The van der Waals surface area contributed by atoms with Crippen LogP contribution in [0.15, 0.2) is 0 Å². The molecular formula is C24H49Br. The van der Waals surface area contributed by atoms with Gasteiger partial charge in [0.1, 0.15) is 0 Å². The molecule has 0 fully saturated rings. The highest BCUT2D eigenvalue weighted by molar-refractivity contribution is 9.09. The van der Waals surface area contributed by atoms with Gasteiger partial charge in [-0.1, -0.05) is 133 Å². The van der Waals surface area contributed by atoms with Crippen molar-refractivity contribution in [2.45, 2.75) is 143 Å². The standard InChI is InChI=1S/C24H49Br/c1-4-7-10-13-14-15-18-21-24(22-23-25,19-16-11-8-5-2)20-17-12-9-6-3/h4-23H2,1-3H3. The van der Waals surface area contributed by atoms with Crippen molar-refractivity contribution < 1.29 is 0 Å². The van der Waals surface area contributed by atoms with Gasteiger partial charge in [-0.15, -0.1) is 0 Å². The summed E-state index contributed by atoms with van der Waals surface area (Å²) in [5.41, 5.74) is 0.647. The Balaban J connectivity index is 4.32. The van der Waals surface area contributed by atoms with Gasteiger partial charge in [0.2, 0.25) is 0 Å². The maximum Gasteiger partial charge on any atom is 0.00365 e. The van der Waals surface area contributed by atoms with Gasteiger partial charge in [0.05, 0.1) is 0 Å². The molecule has 0 spiro atoms. The fraction of sp³-hybridized carbons (Fsp3) is 1.00. The Morgan fingerprint density at radius 2 is 0.760 bits per heavy atom. The van der Waals surface area contributed by atoms with E-state index in [0.29, 0.717) is 5.41 Å². The summed E-state index contributed by atoms with van der Waals surface area (Å²) in [5.74, 6) is 0. The second kappa shape index (κ2) is 19.2. The van der Waals surface area contributed by atoms with Crippen molar-refractivity contribution in [2.24, 2.45) is 5.41 Å². The van der Waals surface area contributed by atoms with Crippen LogP contribution in [0.2, 0.25) is 0 Å². The van der Waals surface area contributed by atoms with Crippen LogP contribution in [0, 0.1) is 5.41 Å². The van der Waals surface area contributed by atoms with Crippen molar-refractivity contribution in [3.63, 3.8) is 0 Å². The van der Waals surface area contributed by atoms with Crippen LogP contribution < -0.4 is 0 Å². The van der Waals surface area contributed by atoms with E-state index in [2.05, 4.69) is 36.7 Å². The topological polar surface area (TPSA) is 0 Å². The van der Waals surface area contributed by atoms with Crippen molar-refractivity contribution in [1.29, 1.82) is 0 Å². The molecule has 0 N–H and O–H groups in total. The Hall–Kier alpha value is 0.480. The van der Waals surface area contributed by atoms with Crippen LogP contribution >= 0.6 is 15.9 Å². The SMILES string of the molecule is CCCCCCCCCC(CCBr)(CCCCCC)CCCCCC. The lowest BCUT2D eigenvalue weighted by Gasteiger charge is -2.34. The number of hydrogen-bond donors (Lipinski definition) is 0. The van der Waals surface area contributed by atoms with E-state index in [4.69, 9.17) is 0 Å². The summed E-state index contributed by atoms with van der Waals surface area (Å²) >= 11 is 3.78. The summed E-state index contributed by atoms with van der Waals surface area (Å²) in [6.07, 6.45) is 27.4. The third-order valence-corrected chi connectivity index (χ3v) is 6.45. The zero-order valence-electron chi connectivity index (χ0n) is 18.0. The lowest BCUT2D eigenvalue weighted by atomic mass is 9.72. The lowest BCUT2D eigenvalue weighted by molar-refractivity contribution is 0.189. The molecule has 0 bridgehead atoms. The van der Waals surface area contributed by atoms with Crippen LogP contribution in [-0.4, -0.2) is 5.33 Å². The van der Waals surface area contributed by atoms with Crippen molar-refractivity contribution >= 4 is 15.9 Å². The van der Waals surface area contributed by atoms with Gasteiger partial charge in [-0.05, 0) is 31.1 Å². The van der Waals surface area contributed by atoms with Gasteiger partial charge in [-0.2, -0.15) is 0 Å². The minimum atomic E-state index is 0.647. The molecule has 1 heteroatoms. The van der Waals surface area contributed by atoms with E-state index in [0.717, 1.165) is 0 Å². The van der Waals surface area contributed by atoms with E-state index in [9.17, 15) is 0 Å². The van der Waals surface area contributed by atoms with Crippen LogP contribution in [0.5, 0.6) is 0 Å². The molecule has 0 amide bonds. The number of alkyl halides is 1. The monoisotopic (exact) mass is 416 g/mol. The second-order valence-corrected chi connectivity index (χ2v) is 9.22. The molecule has 0 radical (unpaired) electrons. The van der Waals surface area contributed by atoms with Crippen LogP contribution in [0.25, 0.3) is 0 Å². The Bertz CT molecular complexity index is 236. The lowest BCUT2D eigenvalue weighted by Crippen LogP contribution is -2.22. The first kappa shape index (κ1) is 25.5. The summed E-state index contributed by atoms with van der Waals surface area (Å²) in [6.45, 7) is 6.97. The zero-order valence-corrected chi connectivity index (χ0v) is 19.6. The van der Waals surface area contributed by atoms with E-state index in [1.54, 1.807) is 0 Å². The van der Waals surface area contributed by atoms with Gasteiger partial charge in [-0.3, -0.25) is 0 Å². The number of halogens is 1. The highest BCUT2D eigenvalue weighted by atomic mass is 79.9. The summed E-state index contributed by atoms with van der Waals surface area (Å²) < 4.78 is 0. The van der Waals surface area contributed by atoms with Crippen molar-refractivity contribution in [2.75, 3.05) is 5.33 Å². The fourth-order valence-corrected chi connectivity index (χ4v) is 5.10. The van der Waals surface area contributed by atoms with Gasteiger partial charge in [0, 0.05) is 5.33 Å². The smallest absolute Gasteiger partial charge is 0.00365 e. The third kappa shape index (κ3) is 15.3. The molecule has 0 aromatic heterocycles. The molecule has 0 atom stereocenters. The maximum absolute atomic E-state index is 3.78. The average molecular weight is 418 g/mol. The zero-order chi connectivity index (χ0) is 18.6. The molecule has 0 aromatic carbocycles. The average Bonchev–Trinajstić information content (AvgIpc) is 2.62. The van der Waals surface area contributed by atoms with Gasteiger partial charge in [0.15, 0.2) is 0 Å². The molecule has 0 aliphatic heterocycles. The Kier molecular flexibility index (Phi) is 19.6. The Morgan fingerprint density at radius 1 is 0.440 bits per heavy atom. The molecule has 0 unspecified atom stereocenters. The molecule has 0 aliphatic rings. The molecule has 25 heavy (non-hydrogen) atoms. The minimum absolute atomic E-state index is 0.647. The van der Waals surface area contributed by atoms with E-state index >= 15 is 0 Å². The summed E-state index contributed by atoms with van der Waals surface area (Å²) in [4.78, 5) is 0. The molecule has 0 heterocycles. The third-order valence-electron chi connectivity index (χ3n) is 6.06. The van der Waals surface area contributed by atoms with Gasteiger partial charge < -0.3 is 0 Å². The first-order chi connectivity index (χ1) is 12.2. The number of rotatable bonds is 20. The summed E-state index contributed by atoms with van der Waals surface area (Å²) in [6, 6.07) is 0. The first-order valence-electron chi connectivity index (χ1n) is 11.8. The predicted octanol–water partition coefficient (Wildman–Crippen LogP) is 9.84. The largest absolute Gasteiger partial charge is 0.0928 e. The van der Waals surface area contributed by atoms with Gasteiger partial charge in [-0.25, -0.2) is 0 Å². The minimum Gasteiger partial charge on any atom is -0.0928 e. The molecule has 0 aliphatic carbocycles. The molecule has 0 nitrogen and oxygen atoms in total. The molecule has 0 rings (SSSR count). The van der Waals surface area contributed by atoms with E-state index in [1.807, 2.05) is 0 Å². The van der Waals surface area contributed by atoms with E-state index < -0.39 is 0 Å². The molecule has 0 saturated carbocycles. The van der Waals surface area contributed by atoms with Crippen molar-refractivity contribution in [3.8, 4) is 0 Å². The molecule has 152 valence electrons. The van der Waals surface area contributed by atoms with E-state index in [-0.39, 0.29) is 0 Å². The number of unbranched alkanes of at least 4 members (excludes halogenated alkanes) is 12. The molecule has 0 aromatic rings. The summed E-state index contributed by atoms with van der Waals surface area (Å²) in [7, 11) is 0. The second-order valence-electron chi connectivity index (χ2n) is 8.43. The Labute approximate surface area is 169 Å². The normalized spacial score (nSPS) is 12.0. The molecular weight excluding hydrogens is 368 g/mol. The van der Waals surface area contributed by atoms with Crippen LogP contribution in [0.3, 0.4) is 0 Å². The van der Waals surface area contributed by atoms with Crippen LogP contribution in [-0.2, 0) is 0 Å². The predicted molar refractivity (Wildman–Crippen MR) is 121 cm³/mol. The van der Waals surface area contributed by atoms with E-state index in [1.165, 1.54) is 127 Å². The van der Waals surface area contributed by atoms with Gasteiger partial charge >= 0.3 is 0 Å². The van der Waals surface area contributed by atoms with Crippen LogP contribution in [0.4, 0.5) is 0 Å². The summed E-state index contributed by atoms with van der Waals surface area (Å²) in [5, 5.41) is 1.20. The highest BCUT2D eigenvalue weighted by Gasteiger charge is 2.27. The molecule has 0 saturated heterocycles. The van der Waals surface area contributed by atoms with Crippen LogP contribution in [0.1, 0.15) is 143 Å². The van der Waals surface area contributed by atoms with Crippen molar-refractivity contribution in [3.05, 3.63) is 0 Å². The highest BCUT2D eigenvalue weighted by Crippen LogP contribution is 2.41. The van der Waals surface area contributed by atoms with Gasteiger partial charge in [0.25, 0.3) is 0 Å².